The van der Waals surface area contributed by atoms with E-state index in [1.165, 1.54) is 12.3 Å². The molecule has 1 amide bonds. The number of hydrogen-bond donors (Lipinski definition) is 2. The van der Waals surface area contributed by atoms with Crippen LogP contribution in [-0.2, 0) is 6.54 Å². The summed E-state index contributed by atoms with van der Waals surface area (Å²) in [6.07, 6.45) is 1.51. The van der Waals surface area contributed by atoms with Gasteiger partial charge in [0, 0.05) is 10.7 Å². The highest BCUT2D eigenvalue weighted by Crippen LogP contribution is 2.16. The molecule has 20 heavy (non-hydrogen) atoms. The average molecular weight is 339 g/mol. The number of carbonyl (C=O) groups excluding carboxylic acids is 1. The highest BCUT2D eigenvalue weighted by Gasteiger charge is 2.15. The fraction of sp³-hybridized carbons (Fsp3) is 0.154. The topological polar surface area (TPSA) is 92.4 Å². The Balaban J connectivity index is 2.06. The number of nitrogens with one attached hydrogen (secondary N) is 1. The number of carbonyl (C=O) groups is 2. The second-order valence-corrected chi connectivity index (χ2v) is 4.86. The molecule has 0 atom stereocenters. The normalized spacial score (nSPS) is 10.3. The molecule has 0 aromatic carbocycles. The number of carboxylic acids is 1. The van der Waals surface area contributed by atoms with Gasteiger partial charge in [-0.05, 0) is 41.1 Å². The van der Waals surface area contributed by atoms with Crippen molar-refractivity contribution in [2.75, 3.05) is 0 Å². The fourth-order valence-corrected chi connectivity index (χ4v) is 2.08. The molecule has 2 aromatic rings. The summed E-state index contributed by atoms with van der Waals surface area (Å²) in [6.45, 7) is 1.65. The summed E-state index contributed by atoms with van der Waals surface area (Å²) in [5.74, 6) is -0.749. The monoisotopic (exact) mass is 338 g/mol. The predicted octanol–water partition coefficient (Wildman–Crippen LogP) is 2.37. The molecule has 0 aliphatic heterocycles. The van der Waals surface area contributed by atoms with Crippen molar-refractivity contribution < 1.29 is 19.1 Å². The molecule has 2 rings (SSSR count). The van der Waals surface area contributed by atoms with Crippen molar-refractivity contribution >= 4 is 27.8 Å². The Bertz CT molecular complexity index is 666. The molecule has 0 saturated heterocycles. The molecule has 0 aliphatic rings. The second-order valence-electron chi connectivity index (χ2n) is 4.00. The molecule has 7 heteroatoms. The molecule has 0 spiro atoms. The van der Waals surface area contributed by atoms with Crippen molar-refractivity contribution in [2.24, 2.45) is 0 Å². The van der Waals surface area contributed by atoms with Crippen LogP contribution in [-0.4, -0.2) is 22.0 Å². The lowest BCUT2D eigenvalue weighted by Crippen LogP contribution is -2.23. The average Bonchev–Trinajstić information content (AvgIpc) is 2.78. The number of amides is 1. The molecule has 0 fully saturated rings. The molecule has 2 N–H and O–H groups in total. The number of aryl methyl sites for hydroxylation is 1. The minimum Gasteiger partial charge on any atom is -0.478 e. The van der Waals surface area contributed by atoms with Gasteiger partial charge in [-0.15, -0.1) is 0 Å². The first-order valence-corrected chi connectivity index (χ1v) is 6.49. The second kappa shape index (κ2) is 5.87. The van der Waals surface area contributed by atoms with E-state index in [-0.39, 0.29) is 23.7 Å². The van der Waals surface area contributed by atoms with Gasteiger partial charge in [0.25, 0.3) is 5.91 Å². The Labute approximate surface area is 122 Å². The van der Waals surface area contributed by atoms with Crippen LogP contribution in [0.4, 0.5) is 0 Å². The van der Waals surface area contributed by atoms with E-state index in [2.05, 4.69) is 26.2 Å². The lowest BCUT2D eigenvalue weighted by atomic mass is 10.2. The van der Waals surface area contributed by atoms with Gasteiger partial charge in [-0.3, -0.25) is 4.79 Å². The summed E-state index contributed by atoms with van der Waals surface area (Å²) < 4.78 is 5.85. The lowest BCUT2D eigenvalue weighted by Gasteiger charge is -2.03. The Kier molecular flexibility index (Phi) is 4.19. The molecule has 0 aliphatic carbocycles. The maximum Gasteiger partial charge on any atom is 0.339 e. The minimum absolute atomic E-state index is 0.0910. The molecule has 0 unspecified atom stereocenters. The van der Waals surface area contributed by atoms with E-state index in [1.54, 1.807) is 19.1 Å². The van der Waals surface area contributed by atoms with Crippen LogP contribution in [0.1, 0.15) is 32.4 Å². The van der Waals surface area contributed by atoms with Crippen molar-refractivity contribution in [2.45, 2.75) is 13.5 Å². The summed E-state index contributed by atoms with van der Waals surface area (Å²) in [5, 5.41) is 11.5. The lowest BCUT2D eigenvalue weighted by molar-refractivity contribution is 0.0694. The van der Waals surface area contributed by atoms with Crippen LogP contribution >= 0.6 is 15.9 Å². The van der Waals surface area contributed by atoms with E-state index in [4.69, 9.17) is 9.52 Å². The third kappa shape index (κ3) is 3.05. The standard InChI is InChI=1S/C13H11BrN2O4/c1-7-9(13(18)19)5-8(20-7)6-16-12(17)11-10(14)3-2-4-15-11/h2-5H,6H2,1H3,(H,16,17)(H,18,19). The number of pyridine rings is 1. The van der Waals surface area contributed by atoms with E-state index in [1.807, 2.05) is 0 Å². The predicted molar refractivity (Wildman–Crippen MR) is 73.5 cm³/mol. The zero-order valence-electron chi connectivity index (χ0n) is 10.5. The third-order valence-corrected chi connectivity index (χ3v) is 3.24. The van der Waals surface area contributed by atoms with Gasteiger partial charge in [0.15, 0.2) is 0 Å². The van der Waals surface area contributed by atoms with Crippen LogP contribution in [0.2, 0.25) is 0 Å². The molecular formula is C13H11BrN2O4. The number of rotatable bonds is 4. The molecular weight excluding hydrogens is 328 g/mol. The zero-order chi connectivity index (χ0) is 14.7. The number of furan rings is 1. The van der Waals surface area contributed by atoms with Crippen LogP contribution in [0, 0.1) is 6.92 Å². The smallest absolute Gasteiger partial charge is 0.339 e. The number of aromatic nitrogens is 1. The maximum atomic E-state index is 11.9. The van der Waals surface area contributed by atoms with Crippen LogP contribution in [0.15, 0.2) is 33.3 Å². The van der Waals surface area contributed by atoms with Crippen LogP contribution in [0.5, 0.6) is 0 Å². The molecule has 0 bridgehead atoms. The van der Waals surface area contributed by atoms with E-state index in [0.29, 0.717) is 16.0 Å². The number of aromatic carboxylic acids is 1. The minimum atomic E-state index is -1.06. The van der Waals surface area contributed by atoms with Gasteiger partial charge in [-0.2, -0.15) is 0 Å². The van der Waals surface area contributed by atoms with Gasteiger partial charge in [-0.1, -0.05) is 0 Å². The highest BCUT2D eigenvalue weighted by molar-refractivity contribution is 9.10. The number of halogens is 1. The maximum absolute atomic E-state index is 11.9. The van der Waals surface area contributed by atoms with Crippen molar-refractivity contribution in [3.63, 3.8) is 0 Å². The van der Waals surface area contributed by atoms with E-state index in [9.17, 15) is 9.59 Å². The Morgan fingerprint density at radius 3 is 2.85 bits per heavy atom. The van der Waals surface area contributed by atoms with Crippen LogP contribution in [0.3, 0.4) is 0 Å². The van der Waals surface area contributed by atoms with Crippen molar-refractivity contribution in [1.29, 1.82) is 0 Å². The molecule has 2 aromatic heterocycles. The summed E-state index contributed by atoms with van der Waals surface area (Å²) in [7, 11) is 0. The Hall–Kier alpha value is -2.15. The van der Waals surface area contributed by atoms with Crippen molar-refractivity contribution in [1.82, 2.24) is 10.3 Å². The highest BCUT2D eigenvalue weighted by atomic mass is 79.9. The molecule has 104 valence electrons. The molecule has 0 radical (unpaired) electrons. The van der Waals surface area contributed by atoms with E-state index < -0.39 is 5.97 Å². The summed E-state index contributed by atoms with van der Waals surface area (Å²) in [6, 6.07) is 4.81. The number of hydrogen-bond acceptors (Lipinski definition) is 4. The summed E-state index contributed by atoms with van der Waals surface area (Å²) in [4.78, 5) is 26.7. The van der Waals surface area contributed by atoms with Gasteiger partial charge < -0.3 is 14.8 Å². The van der Waals surface area contributed by atoms with E-state index >= 15 is 0 Å². The Morgan fingerprint density at radius 1 is 1.50 bits per heavy atom. The first kappa shape index (κ1) is 14.3. The van der Waals surface area contributed by atoms with Gasteiger partial charge in [0.2, 0.25) is 0 Å². The first-order valence-electron chi connectivity index (χ1n) is 5.70. The van der Waals surface area contributed by atoms with Crippen molar-refractivity contribution in [3.05, 3.63) is 51.6 Å². The number of carboxylic acid groups (broad SMARTS) is 1. The third-order valence-electron chi connectivity index (χ3n) is 2.60. The number of nitrogens with zero attached hydrogens (tertiary/aromatic N) is 1. The quantitative estimate of drug-likeness (QED) is 0.892. The van der Waals surface area contributed by atoms with Crippen LogP contribution < -0.4 is 5.32 Å². The van der Waals surface area contributed by atoms with Gasteiger partial charge in [0.1, 0.15) is 22.8 Å². The zero-order valence-corrected chi connectivity index (χ0v) is 12.1. The summed E-state index contributed by atoms with van der Waals surface area (Å²) >= 11 is 3.23. The largest absolute Gasteiger partial charge is 0.478 e. The van der Waals surface area contributed by atoms with Crippen LogP contribution in [0.25, 0.3) is 0 Å². The Morgan fingerprint density at radius 2 is 2.25 bits per heavy atom. The van der Waals surface area contributed by atoms with E-state index in [0.717, 1.165) is 0 Å². The first-order chi connectivity index (χ1) is 9.49. The van der Waals surface area contributed by atoms with Gasteiger partial charge >= 0.3 is 5.97 Å². The van der Waals surface area contributed by atoms with Gasteiger partial charge in [-0.25, -0.2) is 9.78 Å². The molecule has 2 heterocycles. The molecule has 0 saturated carbocycles. The molecule has 6 nitrogen and oxygen atoms in total. The SMILES string of the molecule is Cc1oc(CNC(=O)c2ncccc2Br)cc1C(=O)O. The van der Waals surface area contributed by atoms with Crippen molar-refractivity contribution in [3.8, 4) is 0 Å². The van der Waals surface area contributed by atoms with Gasteiger partial charge in [0.05, 0.1) is 6.54 Å². The summed E-state index contributed by atoms with van der Waals surface area (Å²) in [5.41, 5.74) is 0.350. The fourth-order valence-electron chi connectivity index (χ4n) is 1.65.